The molecule has 1 unspecified atom stereocenters. The summed E-state index contributed by atoms with van der Waals surface area (Å²) in [5.41, 5.74) is 7.79. The molecule has 1 aliphatic rings. The minimum Gasteiger partial charge on any atom is -0.373 e. The van der Waals surface area contributed by atoms with Gasteiger partial charge >= 0.3 is 0 Å². The number of morpholine rings is 1. The molecule has 0 amide bonds. The summed E-state index contributed by atoms with van der Waals surface area (Å²) in [6.45, 7) is 3.39. The van der Waals surface area contributed by atoms with Crippen molar-refractivity contribution in [2.24, 2.45) is 5.73 Å². The first kappa shape index (κ1) is 15.9. The van der Waals surface area contributed by atoms with Crippen LogP contribution in [0.1, 0.15) is 5.56 Å². The van der Waals surface area contributed by atoms with Gasteiger partial charge in [0.15, 0.2) is 0 Å². The Kier molecular flexibility index (Phi) is 4.49. The molecule has 25 heavy (non-hydrogen) atoms. The molecule has 0 radical (unpaired) electrons. The molecule has 1 atom stereocenters. The van der Waals surface area contributed by atoms with Gasteiger partial charge in [0.25, 0.3) is 0 Å². The van der Waals surface area contributed by atoms with Gasteiger partial charge < -0.3 is 25.7 Å². The number of hydrogen-bond donors (Lipinski definition) is 3. The lowest BCUT2D eigenvalue weighted by molar-refractivity contribution is 0.0464. The molecular formula is C18H22N6O. The Labute approximate surface area is 146 Å². The molecule has 7 heteroatoms. The summed E-state index contributed by atoms with van der Waals surface area (Å²) in [5, 5.41) is 4.34. The van der Waals surface area contributed by atoms with Crippen molar-refractivity contribution in [3.8, 4) is 0 Å². The predicted molar refractivity (Wildman–Crippen MR) is 98.7 cm³/mol. The number of benzene rings is 1. The monoisotopic (exact) mass is 338 g/mol. The normalized spacial score (nSPS) is 17.8. The van der Waals surface area contributed by atoms with Crippen molar-refractivity contribution in [2.75, 3.05) is 36.5 Å². The summed E-state index contributed by atoms with van der Waals surface area (Å²) in [6, 6.07) is 12.2. The summed E-state index contributed by atoms with van der Waals surface area (Å²) >= 11 is 0. The van der Waals surface area contributed by atoms with Gasteiger partial charge in [-0.3, -0.25) is 0 Å². The highest BCUT2D eigenvalue weighted by Gasteiger charge is 2.23. The third-order valence-corrected chi connectivity index (χ3v) is 4.39. The molecule has 1 aromatic carbocycles. The highest BCUT2D eigenvalue weighted by Crippen LogP contribution is 2.26. The number of hydrogen-bond acceptors (Lipinski definition) is 6. The van der Waals surface area contributed by atoms with E-state index >= 15 is 0 Å². The summed E-state index contributed by atoms with van der Waals surface area (Å²) in [5.74, 6) is 1.54. The van der Waals surface area contributed by atoms with Crippen LogP contribution >= 0.6 is 0 Å². The van der Waals surface area contributed by atoms with E-state index in [9.17, 15) is 0 Å². The maximum Gasteiger partial charge on any atom is 0.226 e. The van der Waals surface area contributed by atoms with Crippen LogP contribution in [0.3, 0.4) is 0 Å². The van der Waals surface area contributed by atoms with Gasteiger partial charge in [-0.15, -0.1) is 0 Å². The number of ether oxygens (including phenoxy) is 1. The summed E-state index contributed by atoms with van der Waals surface area (Å²) < 4.78 is 5.67. The van der Waals surface area contributed by atoms with Gasteiger partial charge in [-0.1, -0.05) is 30.3 Å². The number of H-pyrrole nitrogens is 1. The van der Waals surface area contributed by atoms with Gasteiger partial charge in [0.05, 0.1) is 18.1 Å². The molecule has 1 aliphatic heterocycles. The fraction of sp³-hybridized carbons (Fsp3) is 0.333. The van der Waals surface area contributed by atoms with Gasteiger partial charge in [0, 0.05) is 32.4 Å². The van der Waals surface area contributed by atoms with Gasteiger partial charge in [-0.2, -0.15) is 9.97 Å². The smallest absolute Gasteiger partial charge is 0.226 e. The van der Waals surface area contributed by atoms with E-state index in [0.717, 1.165) is 29.9 Å². The minimum atomic E-state index is 0.0402. The lowest BCUT2D eigenvalue weighted by atomic mass is 10.2. The quantitative estimate of drug-likeness (QED) is 0.656. The second-order valence-corrected chi connectivity index (χ2v) is 6.12. The van der Waals surface area contributed by atoms with E-state index in [1.54, 1.807) is 0 Å². The van der Waals surface area contributed by atoms with E-state index in [0.29, 0.717) is 25.6 Å². The number of nitrogens with zero attached hydrogens (tertiary/aromatic N) is 3. The standard InChI is InChI=1S/C18H22N6O/c19-10-14-12-24(8-9-25-14)17-15-6-7-20-16(15)22-18(23-17)21-11-13-4-2-1-3-5-13/h1-7,14H,8-12,19H2,(H2,20,21,22,23). The van der Waals surface area contributed by atoms with Crippen LogP contribution in [0.15, 0.2) is 42.6 Å². The third kappa shape index (κ3) is 3.42. The molecule has 7 nitrogen and oxygen atoms in total. The first-order chi connectivity index (χ1) is 12.3. The van der Waals surface area contributed by atoms with Gasteiger partial charge in [-0.25, -0.2) is 0 Å². The summed E-state index contributed by atoms with van der Waals surface area (Å²) in [7, 11) is 0. The first-order valence-corrected chi connectivity index (χ1v) is 8.53. The van der Waals surface area contributed by atoms with E-state index in [2.05, 4.69) is 32.3 Å². The Morgan fingerprint density at radius 3 is 2.96 bits per heavy atom. The second-order valence-electron chi connectivity index (χ2n) is 6.12. The van der Waals surface area contributed by atoms with Crippen molar-refractivity contribution in [1.82, 2.24) is 15.0 Å². The fourth-order valence-electron chi connectivity index (χ4n) is 3.08. The van der Waals surface area contributed by atoms with Crippen molar-refractivity contribution in [3.05, 3.63) is 48.2 Å². The number of anilines is 2. The van der Waals surface area contributed by atoms with E-state index in [4.69, 9.17) is 15.5 Å². The highest BCUT2D eigenvalue weighted by molar-refractivity contribution is 5.88. The summed E-state index contributed by atoms with van der Waals surface area (Å²) in [4.78, 5) is 14.8. The SMILES string of the molecule is NCC1CN(c2nc(NCc3ccccc3)nc3[nH]ccc23)CCO1. The molecular weight excluding hydrogens is 316 g/mol. The van der Waals surface area contributed by atoms with Crippen LogP contribution in [0.5, 0.6) is 0 Å². The minimum absolute atomic E-state index is 0.0402. The van der Waals surface area contributed by atoms with Crippen LogP contribution in [-0.4, -0.2) is 47.3 Å². The van der Waals surface area contributed by atoms with Crippen molar-refractivity contribution in [2.45, 2.75) is 12.6 Å². The Bertz CT molecular complexity index is 834. The first-order valence-electron chi connectivity index (χ1n) is 8.53. The zero-order valence-electron chi connectivity index (χ0n) is 14.0. The average Bonchev–Trinajstić information content (AvgIpc) is 3.15. The van der Waals surface area contributed by atoms with Crippen LogP contribution in [-0.2, 0) is 11.3 Å². The van der Waals surface area contributed by atoms with Crippen LogP contribution in [0.4, 0.5) is 11.8 Å². The zero-order chi connectivity index (χ0) is 17.1. The van der Waals surface area contributed by atoms with Crippen molar-refractivity contribution in [3.63, 3.8) is 0 Å². The van der Waals surface area contributed by atoms with Gasteiger partial charge in [-0.05, 0) is 11.6 Å². The van der Waals surface area contributed by atoms with Crippen molar-refractivity contribution in [1.29, 1.82) is 0 Å². The summed E-state index contributed by atoms with van der Waals surface area (Å²) in [6.07, 6.45) is 1.93. The zero-order valence-corrected chi connectivity index (χ0v) is 14.0. The fourth-order valence-corrected chi connectivity index (χ4v) is 3.08. The molecule has 1 fully saturated rings. The molecule has 4 rings (SSSR count). The molecule has 3 aromatic rings. The number of nitrogens with two attached hydrogens (primary N) is 1. The van der Waals surface area contributed by atoms with Crippen LogP contribution in [0.2, 0.25) is 0 Å². The van der Waals surface area contributed by atoms with Crippen LogP contribution < -0.4 is 16.0 Å². The topological polar surface area (TPSA) is 92.1 Å². The van der Waals surface area contributed by atoms with Crippen molar-refractivity contribution < 1.29 is 4.74 Å². The maximum atomic E-state index is 5.78. The highest BCUT2D eigenvalue weighted by atomic mass is 16.5. The van der Waals surface area contributed by atoms with Crippen LogP contribution in [0, 0.1) is 0 Å². The lowest BCUT2D eigenvalue weighted by Crippen LogP contribution is -2.46. The molecule has 3 heterocycles. The lowest BCUT2D eigenvalue weighted by Gasteiger charge is -2.33. The molecule has 4 N–H and O–H groups in total. The van der Waals surface area contributed by atoms with E-state index in [-0.39, 0.29) is 6.10 Å². The van der Waals surface area contributed by atoms with Crippen molar-refractivity contribution >= 4 is 22.8 Å². The Hall–Kier alpha value is -2.64. The number of fused-ring (bicyclic) bond motifs is 1. The van der Waals surface area contributed by atoms with Crippen LogP contribution in [0.25, 0.3) is 11.0 Å². The largest absolute Gasteiger partial charge is 0.373 e. The Morgan fingerprint density at radius 2 is 2.12 bits per heavy atom. The molecule has 1 saturated heterocycles. The number of nitrogens with one attached hydrogen (secondary N) is 2. The Balaban J connectivity index is 1.60. The van der Waals surface area contributed by atoms with E-state index < -0.39 is 0 Å². The molecule has 2 aromatic heterocycles. The number of rotatable bonds is 5. The second kappa shape index (κ2) is 7.08. The average molecular weight is 338 g/mol. The molecule has 0 saturated carbocycles. The van der Waals surface area contributed by atoms with E-state index in [1.165, 1.54) is 5.56 Å². The van der Waals surface area contributed by atoms with Gasteiger partial charge in [0.2, 0.25) is 5.95 Å². The maximum absolute atomic E-state index is 5.78. The number of aromatic nitrogens is 3. The van der Waals surface area contributed by atoms with E-state index in [1.807, 2.05) is 30.5 Å². The molecule has 0 aliphatic carbocycles. The number of aromatic amines is 1. The molecule has 0 spiro atoms. The third-order valence-electron chi connectivity index (χ3n) is 4.39. The Morgan fingerprint density at radius 1 is 1.24 bits per heavy atom. The van der Waals surface area contributed by atoms with Gasteiger partial charge in [0.1, 0.15) is 11.5 Å². The molecule has 0 bridgehead atoms. The molecule has 130 valence electrons. The predicted octanol–water partition coefficient (Wildman–Crippen LogP) is 1.73.